The van der Waals surface area contributed by atoms with Gasteiger partial charge in [-0.2, -0.15) is 10.2 Å². The Kier molecular flexibility index (Phi) is 4.28. The minimum absolute atomic E-state index is 0.388. The fraction of sp³-hybridized carbons (Fsp3) is 0.500. The van der Waals surface area contributed by atoms with E-state index in [4.69, 9.17) is 5.84 Å². The monoisotopic (exact) mass is 220 g/mol. The van der Waals surface area contributed by atoms with Gasteiger partial charge in [0.2, 0.25) is 0 Å². The topological polar surface area (TPSA) is 54.0 Å². The van der Waals surface area contributed by atoms with Crippen LogP contribution < -0.4 is 5.84 Å². The van der Waals surface area contributed by atoms with Crippen molar-refractivity contribution in [1.29, 1.82) is 0 Å². The van der Waals surface area contributed by atoms with Crippen LogP contribution in [0.5, 0.6) is 0 Å². The van der Waals surface area contributed by atoms with Crippen LogP contribution in [0.2, 0.25) is 0 Å². The van der Waals surface area contributed by atoms with Gasteiger partial charge in [-0.15, -0.1) is 0 Å². The molecular weight excluding hydrogens is 200 g/mol. The second-order valence-electron chi connectivity index (χ2n) is 4.31. The number of hydrazone groups is 2. The normalized spacial score (nSPS) is 14.9. The lowest BCUT2D eigenvalue weighted by Gasteiger charge is -2.28. The van der Waals surface area contributed by atoms with Gasteiger partial charge in [-0.25, -0.2) is 0 Å². The summed E-state index contributed by atoms with van der Waals surface area (Å²) in [6.07, 6.45) is 7.56. The van der Waals surface area contributed by atoms with Crippen molar-refractivity contribution in [2.24, 2.45) is 16.0 Å². The minimum Gasteiger partial charge on any atom is -0.323 e. The number of hydrogen-bond donors (Lipinski definition) is 1. The third-order valence-electron chi connectivity index (χ3n) is 2.29. The molecule has 16 heavy (non-hydrogen) atoms. The molecule has 0 aliphatic heterocycles. The summed E-state index contributed by atoms with van der Waals surface area (Å²) >= 11 is 0. The number of rotatable bonds is 3. The van der Waals surface area contributed by atoms with Crippen molar-refractivity contribution in [3.8, 4) is 0 Å². The van der Waals surface area contributed by atoms with E-state index in [-0.39, 0.29) is 0 Å². The molecule has 1 aliphatic rings. The Hall–Kier alpha value is -1.58. The van der Waals surface area contributed by atoms with Gasteiger partial charge in [0.1, 0.15) is 0 Å². The fourth-order valence-corrected chi connectivity index (χ4v) is 1.57. The molecule has 0 aromatic carbocycles. The summed E-state index contributed by atoms with van der Waals surface area (Å²) in [7, 11) is 0. The molecule has 2 N–H and O–H groups in total. The van der Waals surface area contributed by atoms with Gasteiger partial charge in [-0.1, -0.05) is 0 Å². The number of hydrogen-bond acceptors (Lipinski definition) is 4. The lowest BCUT2D eigenvalue weighted by Crippen LogP contribution is -2.33. The standard InChI is InChI=1S/C12H20N4/c1-9(2)16(10(3)4)15-12-7-5-11(14-13)6-8-12/h5-10H,13H2,1-4H3. The van der Waals surface area contributed by atoms with Crippen molar-refractivity contribution in [3.05, 3.63) is 24.3 Å². The molecule has 0 aromatic heterocycles. The SMILES string of the molecule is CC(C)N(N=C1C=CC(=NN)C=C1)C(C)C. The van der Waals surface area contributed by atoms with Gasteiger partial charge in [-0.05, 0) is 52.0 Å². The predicted molar refractivity (Wildman–Crippen MR) is 69.4 cm³/mol. The largest absolute Gasteiger partial charge is 0.323 e. The molecule has 4 heteroatoms. The van der Waals surface area contributed by atoms with Gasteiger partial charge in [0.25, 0.3) is 0 Å². The molecule has 0 saturated heterocycles. The first-order valence-corrected chi connectivity index (χ1v) is 5.55. The molecule has 0 atom stereocenters. The predicted octanol–water partition coefficient (Wildman–Crippen LogP) is 1.90. The van der Waals surface area contributed by atoms with Crippen LogP contribution in [0.3, 0.4) is 0 Å². The molecule has 0 spiro atoms. The molecular formula is C12H20N4. The highest BCUT2D eigenvalue weighted by molar-refractivity contribution is 6.18. The summed E-state index contributed by atoms with van der Waals surface area (Å²) in [4.78, 5) is 0. The summed E-state index contributed by atoms with van der Waals surface area (Å²) in [5, 5.41) is 10.3. The van der Waals surface area contributed by atoms with Crippen LogP contribution in [-0.4, -0.2) is 28.5 Å². The van der Waals surface area contributed by atoms with E-state index >= 15 is 0 Å². The fourth-order valence-electron chi connectivity index (χ4n) is 1.57. The molecule has 4 nitrogen and oxygen atoms in total. The van der Waals surface area contributed by atoms with Gasteiger partial charge >= 0.3 is 0 Å². The van der Waals surface area contributed by atoms with Crippen molar-refractivity contribution < 1.29 is 0 Å². The first-order valence-electron chi connectivity index (χ1n) is 5.55. The molecule has 1 aliphatic carbocycles. The molecule has 0 aromatic rings. The van der Waals surface area contributed by atoms with Crippen molar-refractivity contribution >= 4 is 11.4 Å². The maximum absolute atomic E-state index is 5.18. The van der Waals surface area contributed by atoms with Crippen LogP contribution in [0, 0.1) is 0 Å². The number of nitrogens with two attached hydrogens (primary N) is 1. The summed E-state index contributed by atoms with van der Waals surface area (Å²) in [5.74, 6) is 5.18. The quantitative estimate of drug-likeness (QED) is 0.448. The molecule has 0 bridgehead atoms. The van der Waals surface area contributed by atoms with E-state index in [0.29, 0.717) is 12.1 Å². The summed E-state index contributed by atoms with van der Waals surface area (Å²) in [6, 6.07) is 0.776. The second-order valence-corrected chi connectivity index (χ2v) is 4.31. The second kappa shape index (κ2) is 5.49. The Morgan fingerprint density at radius 2 is 1.38 bits per heavy atom. The van der Waals surface area contributed by atoms with Crippen LogP contribution in [0.15, 0.2) is 34.5 Å². The molecule has 0 amide bonds. The van der Waals surface area contributed by atoms with Crippen LogP contribution in [0.25, 0.3) is 0 Å². The van der Waals surface area contributed by atoms with Gasteiger partial charge in [0.15, 0.2) is 0 Å². The van der Waals surface area contributed by atoms with Crippen LogP contribution in [0.4, 0.5) is 0 Å². The molecule has 0 heterocycles. The third kappa shape index (κ3) is 3.22. The van der Waals surface area contributed by atoms with Gasteiger partial charge in [0, 0.05) is 12.1 Å². The van der Waals surface area contributed by atoms with E-state index in [2.05, 4.69) is 42.9 Å². The van der Waals surface area contributed by atoms with Crippen LogP contribution in [0.1, 0.15) is 27.7 Å². The summed E-state index contributed by atoms with van der Waals surface area (Å²) < 4.78 is 0. The maximum atomic E-state index is 5.18. The lowest BCUT2D eigenvalue weighted by atomic mass is 10.1. The Bertz CT molecular complexity index is 322. The molecule has 1 rings (SSSR count). The number of allylic oxidation sites excluding steroid dienone is 4. The zero-order chi connectivity index (χ0) is 12.1. The van der Waals surface area contributed by atoms with Crippen LogP contribution >= 0.6 is 0 Å². The van der Waals surface area contributed by atoms with E-state index in [0.717, 1.165) is 11.4 Å². The highest BCUT2D eigenvalue weighted by Gasteiger charge is 2.11. The first kappa shape index (κ1) is 12.5. The van der Waals surface area contributed by atoms with E-state index in [9.17, 15) is 0 Å². The molecule has 0 unspecified atom stereocenters. The maximum Gasteiger partial charge on any atom is 0.0833 e. The lowest BCUT2D eigenvalue weighted by molar-refractivity contribution is 0.184. The Balaban J connectivity index is 2.82. The van der Waals surface area contributed by atoms with E-state index < -0.39 is 0 Å². The Morgan fingerprint density at radius 3 is 1.75 bits per heavy atom. The highest BCUT2D eigenvalue weighted by Crippen LogP contribution is 2.08. The molecule has 0 fully saturated rings. The van der Waals surface area contributed by atoms with Gasteiger partial charge < -0.3 is 5.84 Å². The average molecular weight is 220 g/mol. The van der Waals surface area contributed by atoms with Gasteiger partial charge in [0.05, 0.1) is 11.4 Å². The van der Waals surface area contributed by atoms with Crippen molar-refractivity contribution in [2.45, 2.75) is 39.8 Å². The zero-order valence-corrected chi connectivity index (χ0v) is 10.4. The summed E-state index contributed by atoms with van der Waals surface area (Å²) in [5.41, 5.74) is 1.69. The highest BCUT2D eigenvalue weighted by atomic mass is 15.5. The van der Waals surface area contributed by atoms with E-state index in [1.54, 1.807) is 0 Å². The molecule has 88 valence electrons. The van der Waals surface area contributed by atoms with Crippen LogP contribution in [-0.2, 0) is 0 Å². The minimum atomic E-state index is 0.388. The van der Waals surface area contributed by atoms with E-state index in [1.807, 2.05) is 24.3 Å². The first-order chi connectivity index (χ1) is 7.54. The van der Waals surface area contributed by atoms with Crippen molar-refractivity contribution in [1.82, 2.24) is 5.01 Å². The van der Waals surface area contributed by atoms with E-state index in [1.165, 1.54) is 0 Å². The number of nitrogens with zero attached hydrogens (tertiary/aromatic N) is 3. The average Bonchev–Trinajstić information content (AvgIpc) is 2.25. The summed E-state index contributed by atoms with van der Waals surface area (Å²) in [6.45, 7) is 8.53. The molecule has 0 saturated carbocycles. The van der Waals surface area contributed by atoms with Gasteiger partial charge in [-0.3, -0.25) is 5.01 Å². The smallest absolute Gasteiger partial charge is 0.0833 e. The Morgan fingerprint density at radius 1 is 0.938 bits per heavy atom. The Labute approximate surface area is 97.2 Å². The third-order valence-corrected chi connectivity index (χ3v) is 2.29. The zero-order valence-electron chi connectivity index (χ0n) is 10.4. The van der Waals surface area contributed by atoms with Crippen molar-refractivity contribution in [2.75, 3.05) is 0 Å². The van der Waals surface area contributed by atoms with Crippen molar-refractivity contribution in [3.63, 3.8) is 0 Å². The molecule has 0 radical (unpaired) electrons.